The lowest BCUT2D eigenvalue weighted by Crippen LogP contribution is -1.99. The van der Waals surface area contributed by atoms with Gasteiger partial charge in [-0.3, -0.25) is 4.79 Å². The molecule has 0 unspecified atom stereocenters. The van der Waals surface area contributed by atoms with Crippen LogP contribution in [0.15, 0.2) is 0 Å². The van der Waals surface area contributed by atoms with E-state index in [-0.39, 0.29) is 6.61 Å². The smallest absolute Gasteiger partial charge is 0.132 e. The van der Waals surface area contributed by atoms with Crippen LogP contribution in [0.4, 0.5) is 0 Å². The molecule has 0 aromatic rings. The standard InChI is InChI=1S/C16H32O2/c1-2-3-4-5-6-7-8-9-10-11-13-16(18)14-12-15-17/h17H,2-15H2,1H3. The van der Waals surface area contributed by atoms with Crippen molar-refractivity contribution < 1.29 is 9.90 Å². The van der Waals surface area contributed by atoms with E-state index >= 15 is 0 Å². The van der Waals surface area contributed by atoms with E-state index in [4.69, 9.17) is 5.11 Å². The van der Waals surface area contributed by atoms with E-state index in [1.165, 1.54) is 57.8 Å². The summed E-state index contributed by atoms with van der Waals surface area (Å²) in [5, 5.41) is 8.61. The van der Waals surface area contributed by atoms with Crippen LogP contribution < -0.4 is 0 Å². The van der Waals surface area contributed by atoms with Gasteiger partial charge in [0, 0.05) is 19.4 Å². The second-order valence-electron chi connectivity index (χ2n) is 5.30. The molecule has 0 aliphatic rings. The average molecular weight is 256 g/mol. The third-order valence-electron chi connectivity index (χ3n) is 3.42. The molecule has 0 fully saturated rings. The Hall–Kier alpha value is -0.370. The molecule has 1 N–H and O–H groups in total. The number of Topliss-reactive ketones (excluding diaryl/α,β-unsaturated/α-hetero) is 1. The second-order valence-corrected chi connectivity index (χ2v) is 5.30. The molecule has 2 heteroatoms. The van der Waals surface area contributed by atoms with Gasteiger partial charge in [-0.25, -0.2) is 0 Å². The maximum Gasteiger partial charge on any atom is 0.132 e. The Labute approximate surface area is 113 Å². The molecule has 108 valence electrons. The zero-order chi connectivity index (χ0) is 13.5. The molecule has 2 nitrogen and oxygen atoms in total. The van der Waals surface area contributed by atoms with Crippen LogP contribution in [-0.2, 0) is 4.79 Å². The van der Waals surface area contributed by atoms with Gasteiger partial charge in [-0.05, 0) is 12.8 Å². The molecule has 0 heterocycles. The largest absolute Gasteiger partial charge is 0.396 e. The van der Waals surface area contributed by atoms with E-state index < -0.39 is 0 Å². The summed E-state index contributed by atoms with van der Waals surface area (Å²) in [6.07, 6.45) is 15.0. The van der Waals surface area contributed by atoms with Crippen molar-refractivity contribution in [1.29, 1.82) is 0 Å². The fourth-order valence-corrected chi connectivity index (χ4v) is 2.21. The summed E-state index contributed by atoms with van der Waals surface area (Å²) in [5.74, 6) is 0.323. The zero-order valence-corrected chi connectivity index (χ0v) is 12.3. The summed E-state index contributed by atoms with van der Waals surface area (Å²) in [6.45, 7) is 2.39. The van der Waals surface area contributed by atoms with Gasteiger partial charge in [0.05, 0.1) is 0 Å². The molecule has 0 saturated carbocycles. The number of carbonyl (C=O) groups excluding carboxylic acids is 1. The van der Waals surface area contributed by atoms with Gasteiger partial charge in [0.15, 0.2) is 0 Å². The van der Waals surface area contributed by atoms with Crippen LogP contribution in [-0.4, -0.2) is 17.5 Å². The Kier molecular flexibility index (Phi) is 14.4. The van der Waals surface area contributed by atoms with E-state index in [9.17, 15) is 4.79 Å². The van der Waals surface area contributed by atoms with Crippen molar-refractivity contribution in [3.8, 4) is 0 Å². The minimum absolute atomic E-state index is 0.143. The van der Waals surface area contributed by atoms with Crippen LogP contribution in [0.5, 0.6) is 0 Å². The molecule has 0 bridgehead atoms. The Morgan fingerprint density at radius 1 is 0.722 bits per heavy atom. The van der Waals surface area contributed by atoms with Gasteiger partial charge >= 0.3 is 0 Å². The first-order valence-corrected chi connectivity index (χ1v) is 7.93. The normalized spacial score (nSPS) is 10.8. The zero-order valence-electron chi connectivity index (χ0n) is 12.3. The van der Waals surface area contributed by atoms with Gasteiger partial charge in [-0.15, -0.1) is 0 Å². The van der Waals surface area contributed by atoms with E-state index in [2.05, 4.69) is 6.92 Å². The minimum atomic E-state index is 0.143. The third-order valence-corrected chi connectivity index (χ3v) is 3.42. The highest BCUT2D eigenvalue weighted by Crippen LogP contribution is 2.11. The number of rotatable bonds is 14. The molecule has 0 rings (SSSR count). The number of carbonyl (C=O) groups is 1. The summed E-state index contributed by atoms with van der Waals surface area (Å²) >= 11 is 0. The lowest BCUT2D eigenvalue weighted by atomic mass is 10.0. The van der Waals surface area contributed by atoms with E-state index in [1.807, 2.05) is 0 Å². The molecular weight excluding hydrogens is 224 g/mol. The molecule has 0 radical (unpaired) electrons. The second kappa shape index (κ2) is 14.7. The number of aliphatic hydroxyl groups is 1. The van der Waals surface area contributed by atoms with Crippen molar-refractivity contribution in [2.45, 2.75) is 90.4 Å². The topological polar surface area (TPSA) is 37.3 Å². The van der Waals surface area contributed by atoms with Gasteiger partial charge in [0.2, 0.25) is 0 Å². The summed E-state index contributed by atoms with van der Waals surface area (Å²) < 4.78 is 0. The molecule has 0 aliphatic heterocycles. The quantitative estimate of drug-likeness (QED) is 0.460. The summed E-state index contributed by atoms with van der Waals surface area (Å²) in [4.78, 5) is 11.3. The lowest BCUT2D eigenvalue weighted by Gasteiger charge is -2.02. The first-order chi connectivity index (χ1) is 8.81. The Morgan fingerprint density at radius 3 is 1.67 bits per heavy atom. The van der Waals surface area contributed by atoms with Gasteiger partial charge in [-0.2, -0.15) is 0 Å². The molecule has 0 amide bonds. The molecule has 0 atom stereocenters. The summed E-state index contributed by atoms with van der Waals surface area (Å²) in [5.41, 5.74) is 0. The Bertz CT molecular complexity index is 178. The van der Waals surface area contributed by atoms with Crippen LogP contribution in [0.25, 0.3) is 0 Å². The maximum atomic E-state index is 11.3. The van der Waals surface area contributed by atoms with Crippen molar-refractivity contribution in [3.05, 3.63) is 0 Å². The highest BCUT2D eigenvalue weighted by atomic mass is 16.3. The number of hydrogen-bond acceptors (Lipinski definition) is 2. The molecule has 0 aromatic heterocycles. The van der Waals surface area contributed by atoms with Crippen LogP contribution in [0, 0.1) is 0 Å². The minimum Gasteiger partial charge on any atom is -0.396 e. The number of ketones is 1. The predicted molar refractivity (Wildman–Crippen MR) is 77.8 cm³/mol. The number of aliphatic hydroxyl groups excluding tert-OH is 1. The van der Waals surface area contributed by atoms with Crippen molar-refractivity contribution in [1.82, 2.24) is 0 Å². The maximum absolute atomic E-state index is 11.3. The summed E-state index contributed by atoms with van der Waals surface area (Å²) in [6, 6.07) is 0. The van der Waals surface area contributed by atoms with E-state index in [1.54, 1.807) is 0 Å². The van der Waals surface area contributed by atoms with Crippen molar-refractivity contribution >= 4 is 5.78 Å². The molecule has 0 aliphatic carbocycles. The van der Waals surface area contributed by atoms with Crippen LogP contribution in [0.1, 0.15) is 90.4 Å². The van der Waals surface area contributed by atoms with Crippen LogP contribution >= 0.6 is 0 Å². The third kappa shape index (κ3) is 13.7. The van der Waals surface area contributed by atoms with Gasteiger partial charge < -0.3 is 5.11 Å². The predicted octanol–water partition coefficient (Wildman–Crippen LogP) is 4.64. The number of hydrogen-bond donors (Lipinski definition) is 1. The first kappa shape index (κ1) is 17.6. The summed E-state index contributed by atoms with van der Waals surface area (Å²) in [7, 11) is 0. The molecule has 0 saturated heterocycles. The molecule has 0 aromatic carbocycles. The van der Waals surface area contributed by atoms with E-state index in [0.717, 1.165) is 12.8 Å². The van der Waals surface area contributed by atoms with Crippen LogP contribution in [0.2, 0.25) is 0 Å². The average Bonchev–Trinajstić information content (AvgIpc) is 2.38. The van der Waals surface area contributed by atoms with Gasteiger partial charge in [0.1, 0.15) is 5.78 Å². The highest BCUT2D eigenvalue weighted by molar-refractivity contribution is 5.78. The monoisotopic (exact) mass is 256 g/mol. The fraction of sp³-hybridized carbons (Fsp3) is 0.938. The molecular formula is C16H32O2. The Morgan fingerprint density at radius 2 is 1.17 bits per heavy atom. The van der Waals surface area contributed by atoms with Crippen LogP contribution in [0.3, 0.4) is 0 Å². The molecule has 18 heavy (non-hydrogen) atoms. The fourth-order valence-electron chi connectivity index (χ4n) is 2.21. The highest BCUT2D eigenvalue weighted by Gasteiger charge is 2.00. The van der Waals surface area contributed by atoms with Gasteiger partial charge in [-0.1, -0.05) is 64.7 Å². The van der Waals surface area contributed by atoms with Crippen molar-refractivity contribution in [3.63, 3.8) is 0 Å². The van der Waals surface area contributed by atoms with Gasteiger partial charge in [0.25, 0.3) is 0 Å². The first-order valence-electron chi connectivity index (χ1n) is 7.93. The lowest BCUT2D eigenvalue weighted by molar-refractivity contribution is -0.119. The van der Waals surface area contributed by atoms with E-state index in [0.29, 0.717) is 18.6 Å². The molecule has 0 spiro atoms. The number of unbranched alkanes of at least 4 members (excludes halogenated alkanes) is 9. The Balaban J connectivity index is 3.04. The van der Waals surface area contributed by atoms with Crippen molar-refractivity contribution in [2.75, 3.05) is 6.61 Å². The SMILES string of the molecule is CCCCCCCCCCCCC(=O)CCCO. The van der Waals surface area contributed by atoms with Crippen molar-refractivity contribution in [2.24, 2.45) is 0 Å².